The number of carbonyl (C=O) groups is 1. The topological polar surface area (TPSA) is 38.3 Å². The van der Waals surface area contributed by atoms with Crippen molar-refractivity contribution in [1.29, 1.82) is 0 Å². The van der Waals surface area contributed by atoms with Crippen molar-refractivity contribution in [3.63, 3.8) is 0 Å². The quantitative estimate of drug-likeness (QED) is 0.767. The fourth-order valence-electron chi connectivity index (χ4n) is 2.13. The second kappa shape index (κ2) is 8.88. The van der Waals surface area contributed by atoms with Gasteiger partial charge in [-0.2, -0.15) is 0 Å². The van der Waals surface area contributed by atoms with Gasteiger partial charge in [0.2, 0.25) is 5.91 Å². The molecule has 118 valence electrons. The van der Waals surface area contributed by atoms with Crippen LogP contribution in [0.4, 0.5) is 0 Å². The second-order valence-corrected chi connectivity index (χ2v) is 5.23. The van der Waals surface area contributed by atoms with Crippen molar-refractivity contribution in [2.45, 2.75) is 33.6 Å². The highest BCUT2D eigenvalue weighted by molar-refractivity contribution is 5.79. The number of carbonyl (C=O) groups excluding carboxylic acids is 1. The van der Waals surface area contributed by atoms with Gasteiger partial charge in [-0.25, -0.2) is 0 Å². The van der Waals surface area contributed by atoms with Crippen molar-refractivity contribution in [2.75, 3.05) is 7.11 Å². The Balaban J connectivity index is 2.64. The summed E-state index contributed by atoms with van der Waals surface area (Å²) in [6, 6.07) is 7.77. The van der Waals surface area contributed by atoms with Crippen LogP contribution in [0, 0.1) is 0 Å². The molecule has 0 bridgehead atoms. The van der Waals surface area contributed by atoms with Crippen LogP contribution >= 0.6 is 0 Å². The van der Waals surface area contributed by atoms with Crippen LogP contribution in [0.3, 0.4) is 0 Å². The SMILES string of the molecule is C=C(C)C(NC(=O)CCc1ccc(OC)cc1)=C(C)C=CC. The smallest absolute Gasteiger partial charge is 0.224 e. The number of ether oxygens (including phenoxy) is 1. The number of nitrogens with one attached hydrogen (secondary N) is 1. The van der Waals surface area contributed by atoms with Gasteiger partial charge in [0.25, 0.3) is 0 Å². The zero-order valence-electron chi connectivity index (χ0n) is 13.9. The van der Waals surface area contributed by atoms with Gasteiger partial charge in [-0.15, -0.1) is 0 Å². The van der Waals surface area contributed by atoms with Crippen LogP contribution in [0.5, 0.6) is 5.75 Å². The third-order valence-electron chi connectivity index (χ3n) is 3.30. The standard InChI is InChI=1S/C19H25NO2/c1-6-7-15(4)19(14(2)3)20-18(21)13-10-16-8-11-17(22-5)12-9-16/h6-9,11-12H,2,10,13H2,1,3-5H3,(H,20,21). The summed E-state index contributed by atoms with van der Waals surface area (Å²) < 4.78 is 5.12. The van der Waals surface area contributed by atoms with Gasteiger partial charge in [0.15, 0.2) is 0 Å². The molecule has 0 fully saturated rings. The minimum atomic E-state index is -0.00216. The predicted octanol–water partition coefficient (Wildman–Crippen LogP) is 4.17. The Labute approximate surface area is 133 Å². The number of amides is 1. The molecule has 3 heteroatoms. The van der Waals surface area contributed by atoms with Crippen LogP contribution in [0.15, 0.2) is 59.8 Å². The molecular weight excluding hydrogens is 274 g/mol. The molecule has 1 aromatic carbocycles. The molecule has 0 spiro atoms. The fraction of sp³-hybridized carbons (Fsp3) is 0.316. The Morgan fingerprint density at radius 1 is 1.27 bits per heavy atom. The molecule has 0 saturated heterocycles. The van der Waals surface area contributed by atoms with Gasteiger partial charge in [0.05, 0.1) is 7.11 Å². The molecular formula is C19H25NO2. The van der Waals surface area contributed by atoms with Crippen LogP contribution in [-0.4, -0.2) is 13.0 Å². The summed E-state index contributed by atoms with van der Waals surface area (Å²) in [5, 5.41) is 2.96. The molecule has 0 radical (unpaired) electrons. The zero-order chi connectivity index (χ0) is 16.5. The summed E-state index contributed by atoms with van der Waals surface area (Å²) in [6.07, 6.45) is 5.05. The summed E-state index contributed by atoms with van der Waals surface area (Å²) in [7, 11) is 1.64. The molecule has 1 N–H and O–H groups in total. The van der Waals surface area contributed by atoms with E-state index in [0.29, 0.717) is 12.8 Å². The Hall–Kier alpha value is -2.29. The molecule has 0 aliphatic heterocycles. The van der Waals surface area contributed by atoms with Gasteiger partial charge in [-0.05, 0) is 56.0 Å². The minimum Gasteiger partial charge on any atom is -0.497 e. The third-order valence-corrected chi connectivity index (χ3v) is 3.30. The number of allylic oxidation sites excluding steroid dienone is 4. The Morgan fingerprint density at radius 3 is 2.41 bits per heavy atom. The number of aryl methyl sites for hydroxylation is 1. The first-order chi connectivity index (χ1) is 10.5. The summed E-state index contributed by atoms with van der Waals surface area (Å²) >= 11 is 0. The molecule has 22 heavy (non-hydrogen) atoms. The largest absolute Gasteiger partial charge is 0.497 e. The number of benzene rings is 1. The molecule has 1 rings (SSSR count). The molecule has 0 aromatic heterocycles. The first kappa shape index (κ1) is 17.8. The summed E-state index contributed by atoms with van der Waals surface area (Å²) in [5.74, 6) is 0.820. The lowest BCUT2D eigenvalue weighted by molar-refractivity contribution is -0.120. The van der Waals surface area contributed by atoms with Crippen molar-refractivity contribution < 1.29 is 9.53 Å². The molecule has 1 amide bonds. The Morgan fingerprint density at radius 2 is 1.91 bits per heavy atom. The van der Waals surface area contributed by atoms with Gasteiger partial charge >= 0.3 is 0 Å². The van der Waals surface area contributed by atoms with Crippen molar-refractivity contribution in [3.8, 4) is 5.75 Å². The monoisotopic (exact) mass is 299 g/mol. The summed E-state index contributed by atoms with van der Waals surface area (Å²) in [6.45, 7) is 9.74. The number of methoxy groups -OCH3 is 1. The van der Waals surface area contributed by atoms with Gasteiger partial charge in [0, 0.05) is 12.1 Å². The van der Waals surface area contributed by atoms with E-state index in [1.165, 1.54) is 0 Å². The number of hydrogen-bond donors (Lipinski definition) is 1. The average molecular weight is 299 g/mol. The van der Waals surface area contributed by atoms with Crippen molar-refractivity contribution >= 4 is 5.91 Å². The van der Waals surface area contributed by atoms with E-state index in [4.69, 9.17) is 4.74 Å². The summed E-state index contributed by atoms with van der Waals surface area (Å²) in [5.41, 5.74) is 3.78. The molecule has 0 heterocycles. The highest BCUT2D eigenvalue weighted by atomic mass is 16.5. The van der Waals surface area contributed by atoms with E-state index in [-0.39, 0.29) is 5.91 Å². The van der Waals surface area contributed by atoms with E-state index in [0.717, 1.165) is 28.2 Å². The molecule has 0 atom stereocenters. The van der Waals surface area contributed by atoms with Gasteiger partial charge < -0.3 is 10.1 Å². The van der Waals surface area contributed by atoms with E-state index in [2.05, 4.69) is 11.9 Å². The first-order valence-electron chi connectivity index (χ1n) is 7.40. The average Bonchev–Trinajstić information content (AvgIpc) is 2.51. The van der Waals surface area contributed by atoms with E-state index < -0.39 is 0 Å². The maximum Gasteiger partial charge on any atom is 0.224 e. The number of rotatable bonds is 7. The van der Waals surface area contributed by atoms with Gasteiger partial charge in [0.1, 0.15) is 5.75 Å². The van der Waals surface area contributed by atoms with Crippen LogP contribution < -0.4 is 10.1 Å². The van der Waals surface area contributed by atoms with Crippen LogP contribution in [0.1, 0.15) is 32.8 Å². The Bertz CT molecular complexity index is 580. The van der Waals surface area contributed by atoms with Crippen LogP contribution in [0.25, 0.3) is 0 Å². The molecule has 0 aliphatic carbocycles. The highest BCUT2D eigenvalue weighted by Crippen LogP contribution is 2.14. The molecule has 3 nitrogen and oxygen atoms in total. The van der Waals surface area contributed by atoms with Crippen molar-refractivity contribution in [3.05, 3.63) is 65.4 Å². The lowest BCUT2D eigenvalue weighted by Gasteiger charge is -2.12. The fourth-order valence-corrected chi connectivity index (χ4v) is 2.13. The maximum absolute atomic E-state index is 12.1. The van der Waals surface area contributed by atoms with Crippen LogP contribution in [0.2, 0.25) is 0 Å². The lowest BCUT2D eigenvalue weighted by Crippen LogP contribution is -2.24. The van der Waals surface area contributed by atoms with Crippen molar-refractivity contribution in [2.24, 2.45) is 0 Å². The molecule has 0 aliphatic rings. The lowest BCUT2D eigenvalue weighted by atomic mass is 10.1. The highest BCUT2D eigenvalue weighted by Gasteiger charge is 2.08. The summed E-state index contributed by atoms with van der Waals surface area (Å²) in [4.78, 5) is 12.1. The Kier molecular flexibility index (Phi) is 7.17. The molecule has 0 saturated carbocycles. The zero-order valence-corrected chi connectivity index (χ0v) is 13.9. The van der Waals surface area contributed by atoms with Gasteiger partial charge in [-0.1, -0.05) is 30.9 Å². The molecule has 0 unspecified atom stereocenters. The normalized spacial score (nSPS) is 12.0. The third kappa shape index (κ3) is 5.60. The number of hydrogen-bond acceptors (Lipinski definition) is 2. The van der Waals surface area contributed by atoms with Gasteiger partial charge in [-0.3, -0.25) is 4.79 Å². The molecule has 1 aromatic rings. The van der Waals surface area contributed by atoms with Crippen LogP contribution in [-0.2, 0) is 11.2 Å². The minimum absolute atomic E-state index is 0.00216. The first-order valence-corrected chi connectivity index (χ1v) is 7.40. The van der Waals surface area contributed by atoms with E-state index >= 15 is 0 Å². The van der Waals surface area contributed by atoms with Crippen molar-refractivity contribution in [1.82, 2.24) is 5.32 Å². The van der Waals surface area contributed by atoms with E-state index in [1.807, 2.05) is 57.2 Å². The van der Waals surface area contributed by atoms with E-state index in [1.54, 1.807) is 7.11 Å². The predicted molar refractivity (Wildman–Crippen MR) is 91.8 cm³/mol. The van der Waals surface area contributed by atoms with E-state index in [9.17, 15) is 4.79 Å². The maximum atomic E-state index is 12.1. The second-order valence-electron chi connectivity index (χ2n) is 5.23.